The van der Waals surface area contributed by atoms with E-state index in [0.29, 0.717) is 0 Å². The lowest BCUT2D eigenvalue weighted by Crippen LogP contribution is -2.01. The minimum Gasteiger partial charge on any atom is -0.506 e. The molecule has 0 amide bonds. The van der Waals surface area contributed by atoms with E-state index < -0.39 is 5.97 Å². The fraction of sp³-hybridized carbons (Fsp3) is 0.125. The van der Waals surface area contributed by atoms with Crippen molar-refractivity contribution in [2.45, 2.75) is 0 Å². The molecule has 1 aromatic rings. The number of carbonyl (C=O) groups excluding carboxylic acids is 1. The van der Waals surface area contributed by atoms with E-state index in [4.69, 9.17) is 11.3 Å². The summed E-state index contributed by atoms with van der Waals surface area (Å²) in [4.78, 5) is 13.6. The monoisotopic (exact) mass is 208 g/mol. The molecule has 0 saturated carbocycles. The standard InChI is InChI=1S/C8H8N4O3/c1-15-8(14)4-2-5(11-12-10)7(9)6(13)3-4/h2-3,13H,9H2,1H3. The van der Waals surface area contributed by atoms with Crippen LogP contribution in [0.25, 0.3) is 10.4 Å². The number of nitrogen functional groups attached to an aromatic ring is 1. The van der Waals surface area contributed by atoms with Gasteiger partial charge in [0.25, 0.3) is 0 Å². The second-order valence-corrected chi connectivity index (χ2v) is 2.61. The largest absolute Gasteiger partial charge is 0.506 e. The van der Waals surface area contributed by atoms with E-state index in [2.05, 4.69) is 14.8 Å². The first-order chi connectivity index (χ1) is 7.10. The van der Waals surface area contributed by atoms with Gasteiger partial charge in [-0.3, -0.25) is 0 Å². The number of azide groups is 1. The molecule has 0 unspecified atom stereocenters. The normalized spacial score (nSPS) is 9.13. The van der Waals surface area contributed by atoms with Crippen molar-refractivity contribution in [1.82, 2.24) is 0 Å². The summed E-state index contributed by atoms with van der Waals surface area (Å²) in [6.07, 6.45) is 0. The van der Waals surface area contributed by atoms with Crippen LogP contribution in [-0.2, 0) is 4.74 Å². The van der Waals surface area contributed by atoms with Crippen LogP contribution in [0.15, 0.2) is 17.2 Å². The number of phenolic OH excluding ortho intramolecular Hbond substituents is 1. The van der Waals surface area contributed by atoms with E-state index >= 15 is 0 Å². The SMILES string of the molecule is COC(=O)c1cc(O)c(N)c(N=[N+]=[N-])c1. The van der Waals surface area contributed by atoms with Gasteiger partial charge in [-0.25, -0.2) is 4.79 Å². The summed E-state index contributed by atoms with van der Waals surface area (Å²) in [6.45, 7) is 0. The van der Waals surface area contributed by atoms with Gasteiger partial charge >= 0.3 is 5.97 Å². The molecule has 0 aliphatic carbocycles. The zero-order chi connectivity index (χ0) is 11.4. The van der Waals surface area contributed by atoms with E-state index in [-0.39, 0.29) is 22.7 Å². The van der Waals surface area contributed by atoms with Crippen molar-refractivity contribution in [2.75, 3.05) is 12.8 Å². The van der Waals surface area contributed by atoms with Crippen molar-refractivity contribution in [1.29, 1.82) is 0 Å². The molecular formula is C8H8N4O3. The number of carbonyl (C=O) groups is 1. The molecular weight excluding hydrogens is 200 g/mol. The Labute approximate surface area is 84.7 Å². The number of nitrogens with two attached hydrogens (primary N) is 1. The highest BCUT2D eigenvalue weighted by atomic mass is 16.5. The number of methoxy groups -OCH3 is 1. The molecule has 0 heterocycles. The Kier molecular flexibility index (Phi) is 3.00. The average molecular weight is 208 g/mol. The smallest absolute Gasteiger partial charge is 0.337 e. The molecule has 0 aliphatic rings. The summed E-state index contributed by atoms with van der Waals surface area (Å²) in [5, 5.41) is 12.6. The summed E-state index contributed by atoms with van der Waals surface area (Å²) >= 11 is 0. The van der Waals surface area contributed by atoms with Crippen LogP contribution in [0, 0.1) is 0 Å². The average Bonchev–Trinajstić information content (AvgIpc) is 2.23. The Hall–Kier alpha value is -2.40. The van der Waals surface area contributed by atoms with Gasteiger partial charge in [0.2, 0.25) is 0 Å². The third-order valence-electron chi connectivity index (χ3n) is 1.71. The first kappa shape index (κ1) is 10.7. The van der Waals surface area contributed by atoms with Gasteiger partial charge in [-0.05, 0) is 17.7 Å². The predicted molar refractivity (Wildman–Crippen MR) is 52.7 cm³/mol. The van der Waals surface area contributed by atoms with Crippen molar-refractivity contribution < 1.29 is 14.6 Å². The topological polar surface area (TPSA) is 121 Å². The Bertz CT molecular complexity index is 451. The van der Waals surface area contributed by atoms with Crippen LogP contribution in [0.2, 0.25) is 0 Å². The number of aromatic hydroxyl groups is 1. The molecule has 3 N–H and O–H groups in total. The van der Waals surface area contributed by atoms with E-state index in [1.54, 1.807) is 0 Å². The second-order valence-electron chi connectivity index (χ2n) is 2.61. The Morgan fingerprint density at radius 1 is 1.67 bits per heavy atom. The molecule has 7 nitrogen and oxygen atoms in total. The van der Waals surface area contributed by atoms with Crippen LogP contribution in [0.4, 0.5) is 11.4 Å². The zero-order valence-electron chi connectivity index (χ0n) is 7.84. The van der Waals surface area contributed by atoms with Gasteiger partial charge in [0.1, 0.15) is 5.75 Å². The molecule has 0 aliphatic heterocycles. The fourth-order valence-corrected chi connectivity index (χ4v) is 0.990. The molecule has 0 fully saturated rings. The molecule has 1 aromatic carbocycles. The van der Waals surface area contributed by atoms with Gasteiger partial charge < -0.3 is 15.6 Å². The summed E-state index contributed by atoms with van der Waals surface area (Å²) in [5.41, 5.74) is 13.6. The lowest BCUT2D eigenvalue weighted by Gasteiger charge is -2.05. The van der Waals surface area contributed by atoms with Crippen molar-refractivity contribution in [3.8, 4) is 5.75 Å². The lowest BCUT2D eigenvalue weighted by molar-refractivity contribution is 0.0600. The fourth-order valence-electron chi connectivity index (χ4n) is 0.990. The Balaban J connectivity index is 3.35. The van der Waals surface area contributed by atoms with E-state index in [9.17, 15) is 9.90 Å². The van der Waals surface area contributed by atoms with Crippen molar-refractivity contribution in [3.05, 3.63) is 28.1 Å². The number of rotatable bonds is 2. The van der Waals surface area contributed by atoms with Crippen molar-refractivity contribution in [2.24, 2.45) is 5.11 Å². The molecule has 0 radical (unpaired) electrons. The van der Waals surface area contributed by atoms with Crippen molar-refractivity contribution in [3.63, 3.8) is 0 Å². The van der Waals surface area contributed by atoms with Gasteiger partial charge in [-0.1, -0.05) is 5.11 Å². The van der Waals surface area contributed by atoms with Crippen LogP contribution in [-0.4, -0.2) is 18.2 Å². The van der Waals surface area contributed by atoms with Gasteiger partial charge in [-0.2, -0.15) is 0 Å². The number of benzene rings is 1. The summed E-state index contributed by atoms with van der Waals surface area (Å²) in [7, 11) is 1.20. The number of phenols is 1. The number of hydrogen-bond donors (Lipinski definition) is 2. The maximum atomic E-state index is 11.1. The summed E-state index contributed by atoms with van der Waals surface area (Å²) in [5.74, 6) is -0.986. The summed E-state index contributed by atoms with van der Waals surface area (Å²) in [6, 6.07) is 2.37. The second kappa shape index (κ2) is 4.21. The highest BCUT2D eigenvalue weighted by Gasteiger charge is 2.11. The molecule has 1 rings (SSSR count). The Morgan fingerprint density at radius 3 is 2.87 bits per heavy atom. The molecule has 0 saturated heterocycles. The minimum atomic E-state index is -0.653. The maximum Gasteiger partial charge on any atom is 0.337 e. The number of ether oxygens (including phenoxy) is 1. The molecule has 0 aromatic heterocycles. The molecule has 0 atom stereocenters. The third-order valence-corrected chi connectivity index (χ3v) is 1.71. The number of hydrogen-bond acceptors (Lipinski definition) is 5. The van der Waals surface area contributed by atoms with Crippen LogP contribution < -0.4 is 5.73 Å². The van der Waals surface area contributed by atoms with Crippen molar-refractivity contribution >= 4 is 17.3 Å². The van der Waals surface area contributed by atoms with E-state index in [1.807, 2.05) is 0 Å². The minimum absolute atomic E-state index is 0.0158. The van der Waals surface area contributed by atoms with Gasteiger partial charge in [0.05, 0.1) is 24.0 Å². The van der Waals surface area contributed by atoms with Gasteiger partial charge in [-0.15, -0.1) is 0 Å². The quantitative estimate of drug-likeness (QED) is 0.192. The van der Waals surface area contributed by atoms with Crippen LogP contribution in [0.1, 0.15) is 10.4 Å². The first-order valence-corrected chi connectivity index (χ1v) is 3.86. The highest BCUT2D eigenvalue weighted by Crippen LogP contribution is 2.32. The predicted octanol–water partition coefficient (Wildman–Crippen LogP) is 1.70. The number of nitrogens with zero attached hydrogens (tertiary/aromatic N) is 3. The van der Waals surface area contributed by atoms with Crippen LogP contribution >= 0.6 is 0 Å². The van der Waals surface area contributed by atoms with Crippen LogP contribution in [0.5, 0.6) is 5.75 Å². The molecule has 0 spiro atoms. The first-order valence-electron chi connectivity index (χ1n) is 3.86. The van der Waals surface area contributed by atoms with E-state index in [1.165, 1.54) is 13.2 Å². The lowest BCUT2D eigenvalue weighted by atomic mass is 10.1. The molecule has 0 bridgehead atoms. The van der Waals surface area contributed by atoms with E-state index in [0.717, 1.165) is 6.07 Å². The number of esters is 1. The van der Waals surface area contributed by atoms with Crippen LogP contribution in [0.3, 0.4) is 0 Å². The molecule has 78 valence electrons. The highest BCUT2D eigenvalue weighted by molar-refractivity contribution is 5.93. The Morgan fingerprint density at radius 2 is 2.33 bits per heavy atom. The maximum absolute atomic E-state index is 11.1. The molecule has 15 heavy (non-hydrogen) atoms. The number of anilines is 1. The molecule has 7 heteroatoms. The van der Waals surface area contributed by atoms with Gasteiger partial charge in [0, 0.05) is 4.91 Å². The summed E-state index contributed by atoms with van der Waals surface area (Å²) < 4.78 is 4.44. The van der Waals surface area contributed by atoms with Gasteiger partial charge in [0.15, 0.2) is 0 Å². The third kappa shape index (κ3) is 2.09. The zero-order valence-corrected chi connectivity index (χ0v) is 7.84.